The number of nitrogens with one attached hydrogen (secondary N) is 2. The van der Waals surface area contributed by atoms with Crippen molar-refractivity contribution in [3.05, 3.63) is 34.9 Å². The van der Waals surface area contributed by atoms with E-state index in [1.807, 2.05) is 32.9 Å². The molecule has 0 aliphatic carbocycles. The fraction of sp³-hybridized carbons (Fsp3) is 0.385. The first kappa shape index (κ1) is 15.2. The molecule has 2 amide bonds. The second-order valence-corrected chi connectivity index (χ2v) is 5.34. The summed E-state index contributed by atoms with van der Waals surface area (Å²) in [6.45, 7) is 5.73. The van der Waals surface area contributed by atoms with Crippen LogP contribution in [0.25, 0.3) is 0 Å². The van der Waals surface area contributed by atoms with Gasteiger partial charge in [0.25, 0.3) is 5.95 Å². The number of benzene rings is 1. The van der Waals surface area contributed by atoms with Gasteiger partial charge in [-0.3, -0.25) is 5.32 Å². The van der Waals surface area contributed by atoms with Crippen LogP contribution in [0.15, 0.2) is 24.3 Å². The van der Waals surface area contributed by atoms with Gasteiger partial charge in [-0.15, -0.1) is 5.10 Å². The summed E-state index contributed by atoms with van der Waals surface area (Å²) in [5.74, 6) is 0.171. The first-order valence-corrected chi connectivity index (χ1v) is 6.96. The second kappa shape index (κ2) is 6.53. The zero-order chi connectivity index (χ0) is 15.4. The Hall–Kier alpha value is -2.15. The zero-order valence-corrected chi connectivity index (χ0v) is 12.8. The normalized spacial score (nSPS) is 12.2. The molecule has 0 saturated heterocycles. The van der Waals surface area contributed by atoms with E-state index in [4.69, 9.17) is 11.6 Å². The van der Waals surface area contributed by atoms with E-state index in [0.29, 0.717) is 5.02 Å². The molecule has 8 heteroatoms. The molecule has 0 aliphatic rings. The minimum atomic E-state index is -0.388. The third-order valence-electron chi connectivity index (χ3n) is 2.83. The van der Waals surface area contributed by atoms with Crippen molar-refractivity contribution in [2.75, 3.05) is 5.32 Å². The molecule has 0 radical (unpaired) electrons. The van der Waals surface area contributed by atoms with Crippen LogP contribution >= 0.6 is 11.6 Å². The first-order valence-electron chi connectivity index (χ1n) is 6.58. The van der Waals surface area contributed by atoms with Gasteiger partial charge in [0.1, 0.15) is 0 Å². The van der Waals surface area contributed by atoms with Crippen molar-refractivity contribution in [2.45, 2.75) is 32.9 Å². The monoisotopic (exact) mass is 308 g/mol. The van der Waals surface area contributed by atoms with Gasteiger partial charge < -0.3 is 5.32 Å². The minimum absolute atomic E-state index is 0.0871. The zero-order valence-electron chi connectivity index (χ0n) is 12.0. The summed E-state index contributed by atoms with van der Waals surface area (Å²) in [6, 6.07) is 6.82. The lowest BCUT2D eigenvalue weighted by molar-refractivity contribution is 0.249. The average Bonchev–Trinajstić information content (AvgIpc) is 2.87. The molecule has 2 N–H and O–H groups in total. The molecule has 0 unspecified atom stereocenters. The Morgan fingerprint density at radius 1 is 1.24 bits per heavy atom. The van der Waals surface area contributed by atoms with E-state index in [0.717, 1.165) is 5.56 Å². The van der Waals surface area contributed by atoms with Crippen LogP contribution in [0.1, 0.15) is 38.4 Å². The fourth-order valence-electron chi connectivity index (χ4n) is 1.66. The number of rotatable bonds is 4. The SMILES string of the molecule is CC(C)n1nnc(NC(=O)N[C@@H](C)c2ccc(Cl)cc2)n1. The van der Waals surface area contributed by atoms with E-state index >= 15 is 0 Å². The predicted octanol–water partition coefficient (Wildman–Crippen LogP) is 2.79. The third-order valence-corrected chi connectivity index (χ3v) is 3.09. The lowest BCUT2D eigenvalue weighted by atomic mass is 10.1. The number of halogens is 1. The Labute approximate surface area is 127 Å². The van der Waals surface area contributed by atoms with Crippen LogP contribution in [0.3, 0.4) is 0 Å². The van der Waals surface area contributed by atoms with E-state index in [-0.39, 0.29) is 24.1 Å². The molecule has 0 bridgehead atoms. The van der Waals surface area contributed by atoms with Crippen molar-refractivity contribution in [1.82, 2.24) is 25.5 Å². The Kier molecular flexibility index (Phi) is 4.74. The smallest absolute Gasteiger partial charge is 0.322 e. The number of nitrogens with zero attached hydrogens (tertiary/aromatic N) is 4. The first-order chi connectivity index (χ1) is 9.95. The number of hydrogen-bond donors (Lipinski definition) is 2. The quantitative estimate of drug-likeness (QED) is 0.909. The van der Waals surface area contributed by atoms with Gasteiger partial charge in [0, 0.05) is 5.02 Å². The van der Waals surface area contributed by atoms with E-state index in [1.165, 1.54) is 4.80 Å². The molecule has 1 heterocycles. The van der Waals surface area contributed by atoms with E-state index in [2.05, 4.69) is 26.0 Å². The number of tetrazole rings is 1. The number of amides is 2. The minimum Gasteiger partial charge on any atom is -0.331 e. The summed E-state index contributed by atoms with van der Waals surface area (Å²) in [5, 5.41) is 17.6. The molecule has 1 aromatic carbocycles. The van der Waals surface area contributed by atoms with Crippen molar-refractivity contribution in [1.29, 1.82) is 0 Å². The molecule has 2 rings (SSSR count). The van der Waals surface area contributed by atoms with Crippen LogP contribution in [-0.4, -0.2) is 26.2 Å². The summed E-state index contributed by atoms with van der Waals surface area (Å²) in [4.78, 5) is 13.3. The number of hydrogen-bond acceptors (Lipinski definition) is 4. The van der Waals surface area contributed by atoms with Crippen LogP contribution in [0.2, 0.25) is 5.02 Å². The standard InChI is InChI=1S/C13H17ClN6O/c1-8(2)20-18-12(17-19-20)16-13(21)15-9(3)10-4-6-11(14)7-5-10/h4-9H,1-3H3,(H2,15,16,18,21)/t9-/m0/s1. The summed E-state index contributed by atoms with van der Waals surface area (Å²) in [5.41, 5.74) is 0.952. The summed E-state index contributed by atoms with van der Waals surface area (Å²) in [6.07, 6.45) is 0. The van der Waals surface area contributed by atoms with E-state index in [1.54, 1.807) is 12.1 Å². The number of anilines is 1. The van der Waals surface area contributed by atoms with Gasteiger partial charge in [0.05, 0.1) is 12.1 Å². The molecule has 0 saturated carbocycles. The van der Waals surface area contributed by atoms with Gasteiger partial charge in [-0.05, 0) is 43.7 Å². The molecule has 7 nitrogen and oxygen atoms in total. The third kappa shape index (κ3) is 4.16. The summed E-state index contributed by atoms with van der Waals surface area (Å²) >= 11 is 5.83. The Bertz CT molecular complexity index is 609. The Morgan fingerprint density at radius 2 is 1.90 bits per heavy atom. The Morgan fingerprint density at radius 3 is 2.48 bits per heavy atom. The molecule has 2 aromatic rings. The fourth-order valence-corrected chi connectivity index (χ4v) is 1.79. The highest BCUT2D eigenvalue weighted by atomic mass is 35.5. The molecule has 1 aromatic heterocycles. The maximum absolute atomic E-state index is 11.9. The van der Waals surface area contributed by atoms with Gasteiger partial charge >= 0.3 is 6.03 Å². The van der Waals surface area contributed by atoms with E-state index in [9.17, 15) is 4.79 Å². The van der Waals surface area contributed by atoms with Crippen molar-refractivity contribution < 1.29 is 4.79 Å². The van der Waals surface area contributed by atoms with Crippen LogP contribution in [0.5, 0.6) is 0 Å². The van der Waals surface area contributed by atoms with Crippen LogP contribution < -0.4 is 10.6 Å². The van der Waals surface area contributed by atoms with Crippen molar-refractivity contribution in [3.63, 3.8) is 0 Å². The predicted molar refractivity (Wildman–Crippen MR) is 80.2 cm³/mol. The van der Waals surface area contributed by atoms with Gasteiger partial charge in [-0.25, -0.2) is 4.79 Å². The highest BCUT2D eigenvalue weighted by molar-refractivity contribution is 6.30. The van der Waals surface area contributed by atoms with Crippen LogP contribution in [0.4, 0.5) is 10.7 Å². The number of carbonyl (C=O) groups is 1. The molecule has 1 atom stereocenters. The van der Waals surface area contributed by atoms with Gasteiger partial charge in [0.15, 0.2) is 0 Å². The molecule has 0 aliphatic heterocycles. The maximum Gasteiger partial charge on any atom is 0.322 e. The van der Waals surface area contributed by atoms with Gasteiger partial charge in [0.2, 0.25) is 0 Å². The molecule has 0 fully saturated rings. The van der Waals surface area contributed by atoms with E-state index < -0.39 is 0 Å². The number of carbonyl (C=O) groups excluding carboxylic acids is 1. The Balaban J connectivity index is 1.93. The van der Waals surface area contributed by atoms with Crippen molar-refractivity contribution >= 4 is 23.6 Å². The summed E-state index contributed by atoms with van der Waals surface area (Å²) < 4.78 is 0. The molecule has 0 spiro atoms. The van der Waals surface area contributed by atoms with Crippen LogP contribution in [0, 0.1) is 0 Å². The lowest BCUT2D eigenvalue weighted by Crippen LogP contribution is -2.31. The average molecular weight is 309 g/mol. The molecular formula is C13H17ClN6O. The second-order valence-electron chi connectivity index (χ2n) is 4.90. The van der Waals surface area contributed by atoms with Gasteiger partial charge in [-0.2, -0.15) is 4.80 Å². The molecule has 21 heavy (non-hydrogen) atoms. The summed E-state index contributed by atoms with van der Waals surface area (Å²) in [7, 11) is 0. The highest BCUT2D eigenvalue weighted by Crippen LogP contribution is 2.16. The number of aromatic nitrogens is 4. The number of urea groups is 1. The highest BCUT2D eigenvalue weighted by Gasteiger charge is 2.12. The van der Waals surface area contributed by atoms with Crippen LogP contribution in [-0.2, 0) is 0 Å². The van der Waals surface area contributed by atoms with Crippen molar-refractivity contribution in [2.24, 2.45) is 0 Å². The van der Waals surface area contributed by atoms with Gasteiger partial charge in [-0.1, -0.05) is 28.8 Å². The molecular weight excluding hydrogens is 292 g/mol. The maximum atomic E-state index is 11.9. The largest absolute Gasteiger partial charge is 0.331 e. The van der Waals surface area contributed by atoms with Crippen molar-refractivity contribution in [3.8, 4) is 0 Å². The lowest BCUT2D eigenvalue weighted by Gasteiger charge is -2.14. The topological polar surface area (TPSA) is 84.7 Å². The molecule has 112 valence electrons.